The van der Waals surface area contributed by atoms with Crippen LogP contribution in [0.4, 0.5) is 5.69 Å². The van der Waals surface area contributed by atoms with Gasteiger partial charge in [-0.3, -0.25) is 9.59 Å². The Morgan fingerprint density at radius 2 is 1.89 bits per heavy atom. The van der Waals surface area contributed by atoms with E-state index >= 15 is 0 Å². The van der Waals surface area contributed by atoms with E-state index in [0.717, 1.165) is 6.42 Å². The van der Waals surface area contributed by atoms with Crippen molar-refractivity contribution in [3.05, 3.63) is 64.1 Å². The number of aryl methyl sites for hydroxylation is 2. The van der Waals surface area contributed by atoms with Crippen LogP contribution in [0.25, 0.3) is 0 Å². The summed E-state index contributed by atoms with van der Waals surface area (Å²) in [6.45, 7) is 2.07. The van der Waals surface area contributed by atoms with Gasteiger partial charge < -0.3 is 9.88 Å². The molecule has 2 aromatic rings. The second kappa shape index (κ2) is 5.52. The normalized spacial score (nSPS) is 10.2. The Hall–Kier alpha value is -2.36. The third kappa shape index (κ3) is 2.91. The molecule has 1 amide bonds. The van der Waals surface area contributed by atoms with Crippen molar-refractivity contribution < 1.29 is 4.79 Å². The summed E-state index contributed by atoms with van der Waals surface area (Å²) in [5.41, 5.74) is 1.73. The molecule has 1 aromatic carbocycles. The molecule has 19 heavy (non-hydrogen) atoms. The summed E-state index contributed by atoms with van der Waals surface area (Å²) in [6.07, 6.45) is 2.57. The maximum Gasteiger partial charge on any atom is 0.263 e. The fourth-order valence-corrected chi connectivity index (χ4v) is 1.79. The van der Waals surface area contributed by atoms with Gasteiger partial charge in [0.25, 0.3) is 11.5 Å². The quantitative estimate of drug-likeness (QED) is 0.915. The Morgan fingerprint density at radius 3 is 2.53 bits per heavy atom. The predicted octanol–water partition coefficient (Wildman–Crippen LogP) is 2.20. The van der Waals surface area contributed by atoms with Gasteiger partial charge in [0.2, 0.25) is 0 Å². The van der Waals surface area contributed by atoms with Crippen LogP contribution >= 0.6 is 0 Å². The van der Waals surface area contributed by atoms with Gasteiger partial charge in [-0.1, -0.05) is 19.1 Å². The fourth-order valence-electron chi connectivity index (χ4n) is 1.79. The highest BCUT2D eigenvalue weighted by Crippen LogP contribution is 2.10. The van der Waals surface area contributed by atoms with Gasteiger partial charge in [0, 0.05) is 18.9 Å². The van der Waals surface area contributed by atoms with Gasteiger partial charge in [-0.05, 0) is 36.2 Å². The Labute approximate surface area is 111 Å². The molecule has 1 aromatic heterocycles. The molecular weight excluding hydrogens is 240 g/mol. The van der Waals surface area contributed by atoms with Crippen LogP contribution in [0.2, 0.25) is 0 Å². The Balaban J connectivity index is 2.21. The van der Waals surface area contributed by atoms with Crippen LogP contribution in [0.15, 0.2) is 47.4 Å². The molecule has 0 aliphatic heterocycles. The number of anilines is 1. The number of nitrogens with zero attached hydrogens (tertiary/aromatic N) is 1. The minimum Gasteiger partial charge on any atom is -0.322 e. The number of hydrogen-bond acceptors (Lipinski definition) is 2. The zero-order chi connectivity index (χ0) is 13.8. The molecule has 1 heterocycles. The number of carbonyl (C=O) groups excluding carboxylic acids is 1. The topological polar surface area (TPSA) is 51.1 Å². The number of carbonyl (C=O) groups is 1. The van der Waals surface area contributed by atoms with E-state index in [9.17, 15) is 9.59 Å². The highest BCUT2D eigenvalue weighted by Gasteiger charge is 2.10. The third-order valence-electron chi connectivity index (χ3n) is 2.99. The molecule has 4 nitrogen and oxygen atoms in total. The summed E-state index contributed by atoms with van der Waals surface area (Å²) < 4.78 is 1.38. The molecule has 0 atom stereocenters. The van der Waals surface area contributed by atoms with E-state index < -0.39 is 0 Å². The first-order valence-electron chi connectivity index (χ1n) is 6.17. The third-order valence-corrected chi connectivity index (χ3v) is 2.99. The van der Waals surface area contributed by atoms with Crippen molar-refractivity contribution in [2.45, 2.75) is 13.3 Å². The van der Waals surface area contributed by atoms with Crippen LogP contribution in [0.1, 0.15) is 22.8 Å². The molecule has 0 unspecified atom stereocenters. The fraction of sp³-hybridized carbons (Fsp3) is 0.200. The average Bonchev–Trinajstić information content (AvgIpc) is 2.42. The number of benzene rings is 1. The van der Waals surface area contributed by atoms with Crippen molar-refractivity contribution >= 4 is 11.6 Å². The monoisotopic (exact) mass is 256 g/mol. The molecule has 98 valence electrons. The SMILES string of the molecule is CCc1ccc(NC(=O)c2cccn(C)c2=O)cc1. The van der Waals surface area contributed by atoms with Crippen molar-refractivity contribution in [3.8, 4) is 0 Å². The van der Waals surface area contributed by atoms with E-state index in [0.29, 0.717) is 5.69 Å². The van der Waals surface area contributed by atoms with Gasteiger partial charge in [-0.15, -0.1) is 0 Å². The standard InChI is InChI=1S/C15H16N2O2/c1-3-11-6-8-12(9-7-11)16-14(18)13-5-4-10-17(2)15(13)19/h4-10H,3H2,1-2H3,(H,16,18). The van der Waals surface area contributed by atoms with Crippen LogP contribution in [-0.2, 0) is 13.5 Å². The van der Waals surface area contributed by atoms with Crippen molar-refractivity contribution in [2.24, 2.45) is 7.05 Å². The molecule has 0 aliphatic carbocycles. The van der Waals surface area contributed by atoms with Crippen molar-refractivity contribution in [1.29, 1.82) is 0 Å². The van der Waals surface area contributed by atoms with Crippen molar-refractivity contribution in [3.63, 3.8) is 0 Å². The van der Waals surface area contributed by atoms with Gasteiger partial charge in [0.05, 0.1) is 0 Å². The van der Waals surface area contributed by atoms with E-state index in [-0.39, 0.29) is 17.0 Å². The van der Waals surface area contributed by atoms with Gasteiger partial charge in [0.15, 0.2) is 0 Å². The number of nitrogens with one attached hydrogen (secondary N) is 1. The zero-order valence-electron chi connectivity index (χ0n) is 11.0. The number of rotatable bonds is 3. The van der Waals surface area contributed by atoms with E-state index in [1.165, 1.54) is 16.2 Å². The molecule has 0 aliphatic rings. The first-order chi connectivity index (χ1) is 9.11. The summed E-state index contributed by atoms with van der Waals surface area (Å²) in [6, 6.07) is 10.8. The largest absolute Gasteiger partial charge is 0.322 e. The molecular formula is C15H16N2O2. The van der Waals surface area contributed by atoms with E-state index in [1.54, 1.807) is 19.3 Å². The second-order valence-corrected chi connectivity index (χ2v) is 4.34. The number of amides is 1. The average molecular weight is 256 g/mol. The molecule has 1 N–H and O–H groups in total. The van der Waals surface area contributed by atoms with Gasteiger partial charge in [-0.25, -0.2) is 0 Å². The van der Waals surface area contributed by atoms with Gasteiger partial charge >= 0.3 is 0 Å². The second-order valence-electron chi connectivity index (χ2n) is 4.34. The van der Waals surface area contributed by atoms with Gasteiger partial charge in [0.1, 0.15) is 5.56 Å². The summed E-state index contributed by atoms with van der Waals surface area (Å²) in [5, 5.41) is 2.73. The molecule has 0 spiro atoms. The minimum absolute atomic E-state index is 0.143. The van der Waals surface area contributed by atoms with Crippen LogP contribution in [0, 0.1) is 0 Å². The maximum absolute atomic E-state index is 12.0. The molecule has 0 saturated heterocycles. The molecule has 0 bridgehead atoms. The Kier molecular flexibility index (Phi) is 3.80. The first-order valence-corrected chi connectivity index (χ1v) is 6.17. The van der Waals surface area contributed by atoms with Crippen LogP contribution in [0.5, 0.6) is 0 Å². The van der Waals surface area contributed by atoms with Crippen molar-refractivity contribution in [2.75, 3.05) is 5.32 Å². The molecule has 2 rings (SSSR count). The zero-order valence-corrected chi connectivity index (χ0v) is 11.0. The Morgan fingerprint density at radius 1 is 1.21 bits per heavy atom. The summed E-state index contributed by atoms with van der Waals surface area (Å²) in [4.78, 5) is 23.8. The van der Waals surface area contributed by atoms with E-state index in [4.69, 9.17) is 0 Å². The summed E-state index contributed by atoms with van der Waals surface area (Å²) in [7, 11) is 1.62. The number of aromatic nitrogens is 1. The highest BCUT2D eigenvalue weighted by molar-refractivity contribution is 6.03. The first kappa shape index (κ1) is 13.1. The summed E-state index contributed by atoms with van der Waals surface area (Å²) >= 11 is 0. The molecule has 0 radical (unpaired) electrons. The van der Waals surface area contributed by atoms with E-state index in [1.807, 2.05) is 24.3 Å². The lowest BCUT2D eigenvalue weighted by molar-refractivity contribution is 0.102. The highest BCUT2D eigenvalue weighted by atomic mass is 16.2. The minimum atomic E-state index is -0.384. The maximum atomic E-state index is 12.0. The lowest BCUT2D eigenvalue weighted by atomic mass is 10.1. The molecule has 0 saturated carbocycles. The molecule has 0 fully saturated rings. The molecule has 4 heteroatoms. The lowest BCUT2D eigenvalue weighted by Gasteiger charge is -2.06. The van der Waals surface area contributed by atoms with E-state index in [2.05, 4.69) is 12.2 Å². The van der Waals surface area contributed by atoms with Gasteiger partial charge in [-0.2, -0.15) is 0 Å². The lowest BCUT2D eigenvalue weighted by Crippen LogP contribution is -2.26. The predicted molar refractivity (Wildman–Crippen MR) is 75.5 cm³/mol. The van der Waals surface area contributed by atoms with Crippen LogP contribution < -0.4 is 10.9 Å². The smallest absolute Gasteiger partial charge is 0.263 e. The van der Waals surface area contributed by atoms with Crippen LogP contribution in [0.3, 0.4) is 0 Å². The van der Waals surface area contributed by atoms with Crippen LogP contribution in [-0.4, -0.2) is 10.5 Å². The summed E-state index contributed by atoms with van der Waals surface area (Å²) in [5.74, 6) is -0.384. The van der Waals surface area contributed by atoms with Crippen molar-refractivity contribution in [1.82, 2.24) is 4.57 Å². The number of hydrogen-bond donors (Lipinski definition) is 1. The number of pyridine rings is 1. The Bertz CT molecular complexity index is 642.